The van der Waals surface area contributed by atoms with E-state index in [9.17, 15) is 13.2 Å². The topological polar surface area (TPSA) is 26.5 Å². The Labute approximate surface area is 210 Å². The van der Waals surface area contributed by atoms with Crippen LogP contribution in [0.3, 0.4) is 0 Å². The van der Waals surface area contributed by atoms with Gasteiger partial charge in [0.2, 0.25) is 0 Å². The first-order valence-electron chi connectivity index (χ1n) is 11.4. The Bertz CT molecular complexity index is 1570. The average Bonchev–Trinajstić information content (AvgIpc) is 3.29. The van der Waals surface area contributed by atoms with Gasteiger partial charge in [-0.25, -0.2) is 4.99 Å². The van der Waals surface area contributed by atoms with Crippen molar-refractivity contribution >= 4 is 27.8 Å². The van der Waals surface area contributed by atoms with E-state index >= 15 is 0 Å². The summed E-state index contributed by atoms with van der Waals surface area (Å²) in [6.07, 6.45) is -3.68. The van der Waals surface area contributed by atoms with E-state index in [0.717, 1.165) is 51.9 Å². The molecule has 0 saturated heterocycles. The summed E-state index contributed by atoms with van der Waals surface area (Å²) in [7, 11) is 1.63. The summed E-state index contributed by atoms with van der Waals surface area (Å²) in [5.74, 6) is 0.791. The molecular formula is C29H23F3N2OS. The highest BCUT2D eigenvalue weighted by Crippen LogP contribution is 2.31. The standard InChI is InChI=1S/C29H23F3N2OS/c1-35-26-13-9-20(10-14-26)15-16-34-27(23-12-11-21-5-2-3-6-22(21)17-23)19-36-28(34)33-25-8-4-7-24(18-25)29(30,31)32/h2-14,17-19H,15-16H2,1H3. The Morgan fingerprint density at radius 1 is 0.861 bits per heavy atom. The lowest BCUT2D eigenvalue weighted by Crippen LogP contribution is -2.17. The van der Waals surface area contributed by atoms with E-state index < -0.39 is 11.7 Å². The summed E-state index contributed by atoms with van der Waals surface area (Å²) in [4.78, 5) is 5.27. The zero-order valence-electron chi connectivity index (χ0n) is 19.5. The molecule has 5 rings (SSSR count). The average molecular weight is 505 g/mol. The van der Waals surface area contributed by atoms with Gasteiger partial charge in [0.05, 0.1) is 24.1 Å². The lowest BCUT2D eigenvalue weighted by Gasteiger charge is -2.11. The molecule has 1 aromatic heterocycles. The van der Waals surface area contributed by atoms with Crippen LogP contribution in [0.15, 0.2) is 101 Å². The molecule has 0 amide bonds. The minimum Gasteiger partial charge on any atom is -0.497 e. The number of hydrogen-bond acceptors (Lipinski definition) is 3. The molecule has 7 heteroatoms. The summed E-state index contributed by atoms with van der Waals surface area (Å²) in [5, 5.41) is 4.29. The Hall–Kier alpha value is -3.84. The summed E-state index contributed by atoms with van der Waals surface area (Å²) in [6, 6.07) is 27.5. The number of hydrogen-bond donors (Lipinski definition) is 0. The molecule has 0 spiro atoms. The summed E-state index contributed by atoms with van der Waals surface area (Å²) >= 11 is 1.42. The quantitative estimate of drug-likeness (QED) is 0.231. The Morgan fingerprint density at radius 3 is 2.39 bits per heavy atom. The van der Waals surface area contributed by atoms with Crippen LogP contribution in [0, 0.1) is 0 Å². The maximum atomic E-state index is 13.2. The zero-order valence-corrected chi connectivity index (χ0v) is 20.3. The number of rotatable bonds is 6. The van der Waals surface area contributed by atoms with Crippen molar-refractivity contribution in [2.24, 2.45) is 4.99 Å². The normalized spacial score (nSPS) is 12.3. The molecule has 0 aliphatic carbocycles. The molecule has 0 bridgehead atoms. The van der Waals surface area contributed by atoms with Crippen molar-refractivity contribution < 1.29 is 17.9 Å². The first-order chi connectivity index (χ1) is 17.4. The fraction of sp³-hybridized carbons (Fsp3) is 0.138. The van der Waals surface area contributed by atoms with Crippen LogP contribution in [0.25, 0.3) is 22.0 Å². The maximum absolute atomic E-state index is 13.2. The van der Waals surface area contributed by atoms with Crippen molar-refractivity contribution in [2.75, 3.05) is 7.11 Å². The smallest absolute Gasteiger partial charge is 0.416 e. The van der Waals surface area contributed by atoms with Gasteiger partial charge < -0.3 is 9.30 Å². The highest BCUT2D eigenvalue weighted by Gasteiger charge is 2.30. The molecule has 3 nitrogen and oxygen atoms in total. The number of alkyl halides is 3. The highest BCUT2D eigenvalue weighted by molar-refractivity contribution is 7.07. The highest BCUT2D eigenvalue weighted by atomic mass is 32.1. The first-order valence-corrected chi connectivity index (χ1v) is 12.3. The van der Waals surface area contributed by atoms with Crippen molar-refractivity contribution in [3.63, 3.8) is 0 Å². The van der Waals surface area contributed by atoms with E-state index in [-0.39, 0.29) is 5.69 Å². The van der Waals surface area contributed by atoms with Gasteiger partial charge in [0, 0.05) is 11.9 Å². The number of nitrogens with zero attached hydrogens (tertiary/aromatic N) is 2. The molecule has 0 aliphatic heterocycles. The van der Waals surface area contributed by atoms with Gasteiger partial charge in [-0.3, -0.25) is 0 Å². The number of aryl methyl sites for hydroxylation is 1. The number of methoxy groups -OCH3 is 1. The maximum Gasteiger partial charge on any atom is 0.416 e. The number of fused-ring (bicyclic) bond motifs is 1. The van der Waals surface area contributed by atoms with Crippen LogP contribution in [-0.2, 0) is 19.1 Å². The van der Waals surface area contributed by atoms with Crippen molar-refractivity contribution in [2.45, 2.75) is 19.1 Å². The number of benzene rings is 4. The third-order valence-corrected chi connectivity index (χ3v) is 6.89. The van der Waals surface area contributed by atoms with Crippen LogP contribution in [-0.4, -0.2) is 11.7 Å². The monoisotopic (exact) mass is 504 g/mol. The zero-order chi connectivity index (χ0) is 25.1. The van der Waals surface area contributed by atoms with Gasteiger partial charge in [-0.05, 0) is 64.7 Å². The minimum absolute atomic E-state index is 0.273. The number of halogens is 3. The molecule has 0 radical (unpaired) electrons. The Balaban J connectivity index is 1.57. The van der Waals surface area contributed by atoms with E-state index in [1.807, 2.05) is 41.8 Å². The van der Waals surface area contributed by atoms with Crippen molar-refractivity contribution in [1.29, 1.82) is 0 Å². The summed E-state index contributed by atoms with van der Waals surface area (Å²) in [6.45, 7) is 0.621. The second-order valence-corrected chi connectivity index (χ2v) is 9.21. The molecule has 5 aromatic rings. The summed E-state index contributed by atoms with van der Waals surface area (Å²) < 4.78 is 47.1. The van der Waals surface area contributed by atoms with Crippen molar-refractivity contribution in [1.82, 2.24) is 4.57 Å². The van der Waals surface area contributed by atoms with Crippen LogP contribution in [0.1, 0.15) is 11.1 Å². The SMILES string of the molecule is COc1ccc(CCn2c(-c3ccc4ccccc4c3)csc2=Nc2cccc(C(F)(F)F)c2)cc1. The van der Waals surface area contributed by atoms with Crippen molar-refractivity contribution in [3.05, 3.63) is 112 Å². The van der Waals surface area contributed by atoms with E-state index in [2.05, 4.69) is 39.9 Å². The van der Waals surface area contributed by atoms with Gasteiger partial charge in [-0.15, -0.1) is 11.3 Å². The van der Waals surface area contributed by atoms with E-state index in [4.69, 9.17) is 4.74 Å². The molecule has 0 N–H and O–H groups in total. The lowest BCUT2D eigenvalue weighted by molar-refractivity contribution is -0.137. The van der Waals surface area contributed by atoms with Crippen LogP contribution in [0.4, 0.5) is 18.9 Å². The van der Waals surface area contributed by atoms with Gasteiger partial charge in [0.1, 0.15) is 5.75 Å². The number of ether oxygens (including phenoxy) is 1. The van der Waals surface area contributed by atoms with Gasteiger partial charge in [-0.1, -0.05) is 54.6 Å². The van der Waals surface area contributed by atoms with Crippen LogP contribution >= 0.6 is 11.3 Å². The second-order valence-electron chi connectivity index (χ2n) is 8.38. The largest absolute Gasteiger partial charge is 0.497 e. The molecule has 0 aliphatic rings. The third-order valence-electron chi connectivity index (χ3n) is 6.02. The molecule has 0 unspecified atom stereocenters. The molecule has 0 atom stereocenters. The Morgan fingerprint density at radius 2 is 1.64 bits per heavy atom. The number of aromatic nitrogens is 1. The third kappa shape index (κ3) is 5.21. The van der Waals surface area contributed by atoms with Crippen LogP contribution in [0.5, 0.6) is 5.75 Å². The van der Waals surface area contributed by atoms with Gasteiger partial charge in [-0.2, -0.15) is 13.2 Å². The van der Waals surface area contributed by atoms with Crippen molar-refractivity contribution in [3.8, 4) is 17.0 Å². The minimum atomic E-state index is -4.42. The van der Waals surface area contributed by atoms with E-state index in [0.29, 0.717) is 11.3 Å². The summed E-state index contributed by atoms with van der Waals surface area (Å²) in [5.41, 5.74) is 2.70. The molecule has 0 saturated carbocycles. The van der Waals surface area contributed by atoms with E-state index in [1.165, 1.54) is 17.4 Å². The van der Waals surface area contributed by atoms with Crippen LogP contribution in [0.2, 0.25) is 0 Å². The molecule has 0 fully saturated rings. The van der Waals surface area contributed by atoms with Crippen LogP contribution < -0.4 is 9.54 Å². The lowest BCUT2D eigenvalue weighted by atomic mass is 10.1. The Kier molecular flexibility index (Phi) is 6.65. The molecule has 1 heterocycles. The predicted octanol–water partition coefficient (Wildman–Crippen LogP) is 7.87. The van der Waals surface area contributed by atoms with E-state index in [1.54, 1.807) is 13.2 Å². The fourth-order valence-corrected chi connectivity index (χ4v) is 5.06. The van der Waals surface area contributed by atoms with Gasteiger partial charge in [0.25, 0.3) is 0 Å². The van der Waals surface area contributed by atoms with Gasteiger partial charge >= 0.3 is 6.18 Å². The molecule has 182 valence electrons. The predicted molar refractivity (Wildman–Crippen MR) is 139 cm³/mol. The molecule has 36 heavy (non-hydrogen) atoms. The molecular weight excluding hydrogens is 481 g/mol. The first kappa shape index (κ1) is 23.9. The molecule has 4 aromatic carbocycles. The second kappa shape index (κ2) is 10.0. The number of thiazole rings is 1. The van der Waals surface area contributed by atoms with Gasteiger partial charge in [0.15, 0.2) is 4.80 Å². The fourth-order valence-electron chi connectivity index (χ4n) is 4.11.